The van der Waals surface area contributed by atoms with Gasteiger partial charge < -0.3 is 14.6 Å². The SMILES string of the molecule is COc1ccccc1CCNC(=O)CSc1nnc(-c2ccc(C)cc2)n1C. The lowest BCUT2D eigenvalue weighted by atomic mass is 10.1. The molecule has 0 unspecified atom stereocenters. The van der Waals surface area contributed by atoms with Crippen molar-refractivity contribution < 1.29 is 9.53 Å². The Bertz CT molecular complexity index is 938. The third-order valence-corrected chi connectivity index (χ3v) is 5.41. The Balaban J connectivity index is 1.50. The second-order valence-electron chi connectivity index (χ2n) is 6.43. The topological polar surface area (TPSA) is 69.0 Å². The predicted octanol–water partition coefficient (Wildman–Crippen LogP) is 3.25. The average molecular weight is 397 g/mol. The highest BCUT2D eigenvalue weighted by molar-refractivity contribution is 7.99. The number of nitrogens with zero attached hydrogens (tertiary/aromatic N) is 3. The van der Waals surface area contributed by atoms with Crippen molar-refractivity contribution >= 4 is 17.7 Å². The van der Waals surface area contributed by atoms with E-state index in [1.54, 1.807) is 7.11 Å². The van der Waals surface area contributed by atoms with Crippen LogP contribution in [0.4, 0.5) is 0 Å². The van der Waals surface area contributed by atoms with Gasteiger partial charge in [0.25, 0.3) is 0 Å². The minimum absolute atomic E-state index is 0.0280. The number of carbonyl (C=O) groups excluding carboxylic acids is 1. The van der Waals surface area contributed by atoms with Gasteiger partial charge in [-0.3, -0.25) is 4.79 Å². The van der Waals surface area contributed by atoms with Crippen LogP contribution in [0.15, 0.2) is 53.7 Å². The van der Waals surface area contributed by atoms with Crippen molar-refractivity contribution in [2.24, 2.45) is 7.05 Å². The van der Waals surface area contributed by atoms with E-state index in [1.807, 2.05) is 67.1 Å². The fourth-order valence-electron chi connectivity index (χ4n) is 2.82. The van der Waals surface area contributed by atoms with Crippen LogP contribution in [0.2, 0.25) is 0 Å². The molecule has 2 aromatic carbocycles. The van der Waals surface area contributed by atoms with E-state index in [0.717, 1.165) is 34.3 Å². The molecule has 0 atom stereocenters. The molecule has 146 valence electrons. The van der Waals surface area contributed by atoms with Gasteiger partial charge in [0.1, 0.15) is 5.75 Å². The monoisotopic (exact) mass is 396 g/mol. The Morgan fingerprint density at radius 2 is 1.89 bits per heavy atom. The predicted molar refractivity (Wildman–Crippen MR) is 112 cm³/mol. The summed E-state index contributed by atoms with van der Waals surface area (Å²) in [5.41, 5.74) is 3.29. The van der Waals surface area contributed by atoms with Gasteiger partial charge in [0.2, 0.25) is 5.91 Å². The van der Waals surface area contributed by atoms with E-state index < -0.39 is 0 Å². The third-order valence-electron chi connectivity index (χ3n) is 4.39. The number of aromatic nitrogens is 3. The quantitative estimate of drug-likeness (QED) is 0.592. The molecule has 7 heteroatoms. The second kappa shape index (κ2) is 9.41. The molecule has 0 spiro atoms. The van der Waals surface area contributed by atoms with Crippen LogP contribution in [0.25, 0.3) is 11.4 Å². The van der Waals surface area contributed by atoms with Gasteiger partial charge in [0.15, 0.2) is 11.0 Å². The maximum Gasteiger partial charge on any atom is 0.230 e. The van der Waals surface area contributed by atoms with Crippen molar-refractivity contribution in [1.29, 1.82) is 0 Å². The van der Waals surface area contributed by atoms with Crippen LogP contribution >= 0.6 is 11.8 Å². The molecule has 28 heavy (non-hydrogen) atoms. The highest BCUT2D eigenvalue weighted by Crippen LogP contribution is 2.23. The zero-order valence-corrected chi connectivity index (χ0v) is 17.1. The molecule has 0 bridgehead atoms. The summed E-state index contributed by atoms with van der Waals surface area (Å²) in [6.07, 6.45) is 0.724. The summed E-state index contributed by atoms with van der Waals surface area (Å²) in [6, 6.07) is 16.0. The van der Waals surface area contributed by atoms with E-state index in [9.17, 15) is 4.79 Å². The smallest absolute Gasteiger partial charge is 0.230 e. The standard InChI is InChI=1S/C21H24N4O2S/c1-15-8-10-17(11-9-15)20-23-24-21(25(20)2)28-14-19(26)22-13-12-16-6-4-5-7-18(16)27-3/h4-11H,12-14H2,1-3H3,(H,22,26). The maximum absolute atomic E-state index is 12.2. The Kier molecular flexibility index (Phi) is 6.71. The largest absolute Gasteiger partial charge is 0.496 e. The highest BCUT2D eigenvalue weighted by Gasteiger charge is 2.13. The lowest BCUT2D eigenvalue weighted by Gasteiger charge is -2.09. The molecule has 3 aromatic rings. The van der Waals surface area contributed by atoms with E-state index in [4.69, 9.17) is 4.74 Å². The number of para-hydroxylation sites is 1. The van der Waals surface area contributed by atoms with Crippen molar-refractivity contribution in [1.82, 2.24) is 20.1 Å². The number of hydrogen-bond donors (Lipinski definition) is 1. The number of ether oxygens (including phenoxy) is 1. The molecule has 0 aliphatic carbocycles. The first-order valence-electron chi connectivity index (χ1n) is 9.06. The van der Waals surface area contributed by atoms with Crippen molar-refractivity contribution in [2.75, 3.05) is 19.4 Å². The fourth-order valence-corrected chi connectivity index (χ4v) is 3.56. The first kappa shape index (κ1) is 19.9. The number of benzene rings is 2. The second-order valence-corrected chi connectivity index (χ2v) is 7.37. The average Bonchev–Trinajstić information content (AvgIpc) is 3.08. The van der Waals surface area contributed by atoms with Crippen LogP contribution in [0.1, 0.15) is 11.1 Å². The lowest BCUT2D eigenvalue weighted by molar-refractivity contribution is -0.118. The zero-order valence-electron chi connectivity index (χ0n) is 16.3. The number of thioether (sulfide) groups is 1. The van der Waals surface area contributed by atoms with Crippen molar-refractivity contribution in [3.63, 3.8) is 0 Å². The van der Waals surface area contributed by atoms with Crippen LogP contribution in [0.3, 0.4) is 0 Å². The summed E-state index contributed by atoms with van der Waals surface area (Å²) in [6.45, 7) is 2.61. The number of rotatable bonds is 8. The molecular weight excluding hydrogens is 372 g/mol. The van der Waals surface area contributed by atoms with Gasteiger partial charge in [-0.1, -0.05) is 59.8 Å². The molecule has 0 saturated heterocycles. The molecule has 0 aliphatic rings. The summed E-state index contributed by atoms with van der Waals surface area (Å²) in [5.74, 6) is 1.90. The lowest BCUT2D eigenvalue weighted by Crippen LogP contribution is -2.27. The van der Waals surface area contributed by atoms with E-state index in [1.165, 1.54) is 17.3 Å². The molecule has 0 radical (unpaired) electrons. The number of methoxy groups -OCH3 is 1. The van der Waals surface area contributed by atoms with Crippen molar-refractivity contribution in [2.45, 2.75) is 18.5 Å². The molecule has 1 aromatic heterocycles. The molecule has 1 amide bonds. The summed E-state index contributed by atoms with van der Waals surface area (Å²) in [5, 5.41) is 12.1. The van der Waals surface area contributed by atoms with E-state index >= 15 is 0 Å². The van der Waals surface area contributed by atoms with E-state index in [0.29, 0.717) is 12.3 Å². The highest BCUT2D eigenvalue weighted by atomic mass is 32.2. The molecular formula is C21H24N4O2S. The van der Waals surface area contributed by atoms with Gasteiger partial charge in [0.05, 0.1) is 12.9 Å². The van der Waals surface area contributed by atoms with Crippen LogP contribution in [-0.2, 0) is 18.3 Å². The summed E-state index contributed by atoms with van der Waals surface area (Å²) in [7, 11) is 3.57. The molecule has 0 fully saturated rings. The Labute approximate surface area is 169 Å². The Hall–Kier alpha value is -2.80. The number of carbonyl (C=O) groups is 1. The molecule has 0 saturated carbocycles. The Morgan fingerprint density at radius 1 is 1.14 bits per heavy atom. The fraction of sp³-hybridized carbons (Fsp3) is 0.286. The van der Waals surface area contributed by atoms with Gasteiger partial charge in [-0.15, -0.1) is 10.2 Å². The van der Waals surface area contributed by atoms with Crippen LogP contribution < -0.4 is 10.1 Å². The Morgan fingerprint density at radius 3 is 2.64 bits per heavy atom. The van der Waals surface area contributed by atoms with Gasteiger partial charge in [-0.05, 0) is 25.0 Å². The summed E-state index contributed by atoms with van der Waals surface area (Å²) in [4.78, 5) is 12.2. The first-order valence-corrected chi connectivity index (χ1v) is 10.0. The maximum atomic E-state index is 12.2. The molecule has 1 heterocycles. The molecule has 3 rings (SSSR count). The molecule has 1 N–H and O–H groups in total. The van der Waals surface area contributed by atoms with Gasteiger partial charge in [-0.2, -0.15) is 0 Å². The van der Waals surface area contributed by atoms with Gasteiger partial charge >= 0.3 is 0 Å². The minimum Gasteiger partial charge on any atom is -0.496 e. The minimum atomic E-state index is -0.0280. The van der Waals surface area contributed by atoms with E-state index in [2.05, 4.69) is 15.5 Å². The van der Waals surface area contributed by atoms with Crippen molar-refractivity contribution in [3.8, 4) is 17.1 Å². The van der Waals surface area contributed by atoms with Gasteiger partial charge in [-0.25, -0.2) is 0 Å². The van der Waals surface area contributed by atoms with Crippen LogP contribution in [-0.4, -0.2) is 40.1 Å². The number of aryl methyl sites for hydroxylation is 1. The molecule has 0 aliphatic heterocycles. The number of nitrogens with one attached hydrogen (secondary N) is 1. The first-order chi connectivity index (χ1) is 13.6. The summed E-state index contributed by atoms with van der Waals surface area (Å²) >= 11 is 1.38. The zero-order chi connectivity index (χ0) is 19.9. The number of hydrogen-bond acceptors (Lipinski definition) is 5. The number of amides is 1. The normalized spacial score (nSPS) is 10.7. The van der Waals surface area contributed by atoms with Gasteiger partial charge in [0, 0.05) is 19.2 Å². The molecule has 6 nitrogen and oxygen atoms in total. The third kappa shape index (κ3) is 4.92. The van der Waals surface area contributed by atoms with Crippen molar-refractivity contribution in [3.05, 3.63) is 59.7 Å². The van der Waals surface area contributed by atoms with Crippen LogP contribution in [0, 0.1) is 6.92 Å². The van der Waals surface area contributed by atoms with E-state index in [-0.39, 0.29) is 5.91 Å². The summed E-state index contributed by atoms with van der Waals surface area (Å²) < 4.78 is 7.25. The van der Waals surface area contributed by atoms with Crippen LogP contribution in [0.5, 0.6) is 5.75 Å².